The maximum Gasteiger partial charge on any atom is 0.191 e. The van der Waals surface area contributed by atoms with E-state index in [1.807, 2.05) is 0 Å². The molecule has 0 saturated carbocycles. The number of hydrogen-bond donors (Lipinski definition) is 0. The minimum Gasteiger partial charge on any atom is -0.496 e. The van der Waals surface area contributed by atoms with Crippen LogP contribution in [-0.2, 0) is 6.61 Å². The Morgan fingerprint density at radius 3 is 2.38 bits per heavy atom. The molecule has 0 aliphatic heterocycles. The lowest BCUT2D eigenvalue weighted by molar-refractivity contribution is 0.112. The molecule has 0 aliphatic rings. The van der Waals surface area contributed by atoms with Crippen LogP contribution in [0, 0.1) is 11.6 Å². The summed E-state index contributed by atoms with van der Waals surface area (Å²) in [4.78, 5) is 10.5. The average molecular weight is 357 g/mol. The third-order valence-corrected chi connectivity index (χ3v) is 3.38. The summed E-state index contributed by atoms with van der Waals surface area (Å²) in [6.07, 6.45) is 0.372. The molecule has 0 spiro atoms. The predicted octanol–water partition coefficient (Wildman–Crippen LogP) is 4.13. The van der Waals surface area contributed by atoms with Crippen LogP contribution in [0.15, 0.2) is 34.8 Å². The van der Waals surface area contributed by atoms with E-state index in [0.717, 1.165) is 12.1 Å². The van der Waals surface area contributed by atoms with E-state index in [4.69, 9.17) is 9.47 Å². The first-order valence-electron chi connectivity index (χ1n) is 5.94. The van der Waals surface area contributed by atoms with Crippen LogP contribution in [0.5, 0.6) is 11.5 Å². The first-order valence-corrected chi connectivity index (χ1v) is 6.74. The van der Waals surface area contributed by atoms with Crippen molar-refractivity contribution >= 4 is 22.2 Å². The van der Waals surface area contributed by atoms with Crippen LogP contribution in [0.4, 0.5) is 8.78 Å². The van der Waals surface area contributed by atoms with E-state index < -0.39 is 17.4 Å². The third kappa shape index (κ3) is 3.58. The summed E-state index contributed by atoms with van der Waals surface area (Å²) in [5, 5.41) is 0. The minimum atomic E-state index is -0.912. The van der Waals surface area contributed by atoms with E-state index in [1.165, 1.54) is 7.11 Å². The largest absolute Gasteiger partial charge is 0.496 e. The second-order valence-electron chi connectivity index (χ2n) is 4.19. The third-order valence-electron chi connectivity index (χ3n) is 2.76. The van der Waals surface area contributed by atoms with Gasteiger partial charge in [0.2, 0.25) is 0 Å². The molecule has 0 radical (unpaired) electrons. The van der Waals surface area contributed by atoms with Crippen LogP contribution < -0.4 is 9.47 Å². The maximum atomic E-state index is 13.6. The fourth-order valence-electron chi connectivity index (χ4n) is 1.74. The molecule has 0 aliphatic carbocycles. The van der Waals surface area contributed by atoms with Gasteiger partial charge in [0.05, 0.1) is 11.6 Å². The number of hydrogen-bond acceptors (Lipinski definition) is 3. The Labute approximate surface area is 128 Å². The number of methoxy groups -OCH3 is 1. The molecule has 0 heterocycles. The van der Waals surface area contributed by atoms with Gasteiger partial charge >= 0.3 is 0 Å². The number of carbonyl (C=O) groups is 1. The molecule has 0 atom stereocenters. The van der Waals surface area contributed by atoms with Crippen molar-refractivity contribution in [2.75, 3.05) is 7.11 Å². The van der Waals surface area contributed by atoms with Crippen molar-refractivity contribution < 1.29 is 23.0 Å². The normalized spacial score (nSPS) is 10.3. The summed E-state index contributed by atoms with van der Waals surface area (Å²) in [5.41, 5.74) is 0.630. The Hall–Kier alpha value is -1.95. The quantitative estimate of drug-likeness (QED) is 0.755. The monoisotopic (exact) mass is 356 g/mol. The molecule has 2 aromatic rings. The number of halogens is 3. The summed E-state index contributed by atoms with van der Waals surface area (Å²) in [5.74, 6) is -1.69. The predicted molar refractivity (Wildman–Crippen MR) is 76.8 cm³/mol. The van der Waals surface area contributed by atoms with E-state index in [1.54, 1.807) is 18.2 Å². The molecule has 3 nitrogen and oxygen atoms in total. The second kappa shape index (κ2) is 6.67. The van der Waals surface area contributed by atoms with Gasteiger partial charge in [-0.05, 0) is 45.8 Å². The lowest BCUT2D eigenvalue weighted by Crippen LogP contribution is -2.01. The highest BCUT2D eigenvalue weighted by molar-refractivity contribution is 9.10. The van der Waals surface area contributed by atoms with Crippen molar-refractivity contribution in [3.05, 3.63) is 57.6 Å². The number of ether oxygens (including phenoxy) is 2. The van der Waals surface area contributed by atoms with Gasteiger partial charge in [-0.15, -0.1) is 0 Å². The van der Waals surface area contributed by atoms with Crippen LogP contribution in [-0.4, -0.2) is 13.4 Å². The van der Waals surface area contributed by atoms with Gasteiger partial charge in [-0.1, -0.05) is 6.07 Å². The smallest absolute Gasteiger partial charge is 0.191 e. The molecule has 0 amide bonds. The number of carbonyl (C=O) groups excluding carboxylic acids is 1. The summed E-state index contributed by atoms with van der Waals surface area (Å²) in [7, 11) is 1.54. The second-order valence-corrected chi connectivity index (χ2v) is 5.04. The average Bonchev–Trinajstić information content (AvgIpc) is 2.46. The molecule has 0 aromatic heterocycles. The SMILES string of the molecule is COc1ccc(COc2c(F)cc(C=O)cc2F)cc1Br. The van der Waals surface area contributed by atoms with Gasteiger partial charge in [0.1, 0.15) is 18.6 Å². The molecule has 21 heavy (non-hydrogen) atoms. The summed E-state index contributed by atoms with van der Waals surface area (Å²) < 4.78 is 38.2. The van der Waals surface area contributed by atoms with Gasteiger partial charge in [-0.3, -0.25) is 4.79 Å². The van der Waals surface area contributed by atoms with Gasteiger partial charge in [0, 0.05) is 5.56 Å². The van der Waals surface area contributed by atoms with Gasteiger partial charge in [0.25, 0.3) is 0 Å². The molecule has 0 bridgehead atoms. The highest BCUT2D eigenvalue weighted by Gasteiger charge is 2.13. The summed E-state index contributed by atoms with van der Waals surface area (Å²) >= 11 is 3.31. The Balaban J connectivity index is 2.16. The van der Waals surface area contributed by atoms with Gasteiger partial charge in [0.15, 0.2) is 17.4 Å². The Morgan fingerprint density at radius 2 is 1.86 bits per heavy atom. The topological polar surface area (TPSA) is 35.5 Å². The maximum absolute atomic E-state index is 13.6. The molecule has 2 aromatic carbocycles. The lowest BCUT2D eigenvalue weighted by atomic mass is 10.2. The van der Waals surface area contributed by atoms with Gasteiger partial charge < -0.3 is 9.47 Å². The molecule has 2 rings (SSSR count). The van der Waals surface area contributed by atoms with E-state index in [9.17, 15) is 13.6 Å². The Bertz CT molecular complexity index is 651. The molecular weight excluding hydrogens is 346 g/mol. The van der Waals surface area contributed by atoms with Crippen LogP contribution in [0.3, 0.4) is 0 Å². The van der Waals surface area contributed by atoms with Crippen molar-refractivity contribution in [2.45, 2.75) is 6.61 Å². The first-order chi connectivity index (χ1) is 10.0. The molecule has 0 saturated heterocycles. The van der Waals surface area contributed by atoms with Crippen molar-refractivity contribution in [3.8, 4) is 11.5 Å². The van der Waals surface area contributed by atoms with Crippen LogP contribution in [0.25, 0.3) is 0 Å². The molecule has 110 valence electrons. The zero-order chi connectivity index (χ0) is 15.4. The first kappa shape index (κ1) is 15.4. The number of benzene rings is 2. The number of rotatable bonds is 5. The summed E-state index contributed by atoms with van der Waals surface area (Å²) in [6, 6.07) is 7.02. The van der Waals surface area contributed by atoms with E-state index in [0.29, 0.717) is 22.1 Å². The molecule has 0 fully saturated rings. The van der Waals surface area contributed by atoms with E-state index >= 15 is 0 Å². The highest BCUT2D eigenvalue weighted by atomic mass is 79.9. The number of aldehydes is 1. The molecule has 0 N–H and O–H groups in total. The molecule has 0 unspecified atom stereocenters. The van der Waals surface area contributed by atoms with Crippen LogP contribution >= 0.6 is 15.9 Å². The Morgan fingerprint density at radius 1 is 1.19 bits per heavy atom. The lowest BCUT2D eigenvalue weighted by Gasteiger charge is -2.10. The van der Waals surface area contributed by atoms with Crippen molar-refractivity contribution in [3.63, 3.8) is 0 Å². The summed E-state index contributed by atoms with van der Waals surface area (Å²) in [6.45, 7) is -0.0170. The highest BCUT2D eigenvalue weighted by Crippen LogP contribution is 2.27. The van der Waals surface area contributed by atoms with Gasteiger partial charge in [-0.2, -0.15) is 0 Å². The minimum absolute atomic E-state index is 0.0170. The van der Waals surface area contributed by atoms with E-state index in [-0.39, 0.29) is 12.2 Å². The van der Waals surface area contributed by atoms with Crippen molar-refractivity contribution in [1.29, 1.82) is 0 Å². The zero-order valence-corrected chi connectivity index (χ0v) is 12.6. The molecular formula is C15H11BrF2O3. The van der Waals surface area contributed by atoms with Crippen LogP contribution in [0.2, 0.25) is 0 Å². The Kier molecular flexibility index (Phi) is 4.90. The van der Waals surface area contributed by atoms with Gasteiger partial charge in [-0.25, -0.2) is 8.78 Å². The fraction of sp³-hybridized carbons (Fsp3) is 0.133. The standard InChI is InChI=1S/C15H11BrF2O3/c1-20-14-3-2-9(4-11(14)16)8-21-15-12(17)5-10(7-19)6-13(15)18/h2-7H,8H2,1H3. The zero-order valence-electron chi connectivity index (χ0n) is 11.0. The van der Waals surface area contributed by atoms with Crippen molar-refractivity contribution in [2.24, 2.45) is 0 Å². The van der Waals surface area contributed by atoms with Crippen LogP contribution in [0.1, 0.15) is 15.9 Å². The van der Waals surface area contributed by atoms with Crippen molar-refractivity contribution in [1.82, 2.24) is 0 Å². The van der Waals surface area contributed by atoms with E-state index in [2.05, 4.69) is 15.9 Å². The fourth-order valence-corrected chi connectivity index (χ4v) is 2.33. The molecule has 6 heteroatoms.